The molecule has 0 saturated carbocycles. The van der Waals surface area contributed by atoms with E-state index in [0.29, 0.717) is 17.6 Å². The lowest BCUT2D eigenvalue weighted by Gasteiger charge is -2.18. The van der Waals surface area contributed by atoms with Gasteiger partial charge in [-0.3, -0.25) is 0 Å². The number of nitrogens with one attached hydrogen (secondary N) is 1. The Morgan fingerprint density at radius 1 is 1.40 bits per heavy atom. The molecule has 0 saturated heterocycles. The van der Waals surface area contributed by atoms with Gasteiger partial charge in [-0.15, -0.1) is 10.2 Å². The molecule has 0 bridgehead atoms. The van der Waals surface area contributed by atoms with Crippen LogP contribution in [0.25, 0.3) is 0 Å². The van der Waals surface area contributed by atoms with E-state index >= 15 is 0 Å². The SMILES string of the molecule is CC(C)CC(CO)Nc1ccc(N)nn1. The van der Waals surface area contributed by atoms with Crippen LogP contribution in [0.3, 0.4) is 0 Å². The second-order valence-corrected chi connectivity index (χ2v) is 4.00. The van der Waals surface area contributed by atoms with Gasteiger partial charge < -0.3 is 16.2 Å². The summed E-state index contributed by atoms with van der Waals surface area (Å²) in [5.41, 5.74) is 5.42. The van der Waals surface area contributed by atoms with Crippen LogP contribution in [-0.4, -0.2) is 28.0 Å². The molecule has 1 heterocycles. The van der Waals surface area contributed by atoms with E-state index in [4.69, 9.17) is 10.8 Å². The van der Waals surface area contributed by atoms with Crippen molar-refractivity contribution >= 4 is 11.6 Å². The number of hydrogen-bond acceptors (Lipinski definition) is 5. The zero-order chi connectivity index (χ0) is 11.3. The molecule has 1 atom stereocenters. The third-order valence-electron chi connectivity index (χ3n) is 2.01. The van der Waals surface area contributed by atoms with E-state index in [0.717, 1.165) is 6.42 Å². The van der Waals surface area contributed by atoms with Crippen LogP contribution in [0, 0.1) is 5.92 Å². The molecule has 1 rings (SSSR count). The van der Waals surface area contributed by atoms with Crippen LogP contribution >= 0.6 is 0 Å². The van der Waals surface area contributed by atoms with Crippen molar-refractivity contribution in [3.05, 3.63) is 12.1 Å². The summed E-state index contributed by atoms with van der Waals surface area (Å²) in [6.07, 6.45) is 0.891. The predicted octanol–water partition coefficient (Wildman–Crippen LogP) is 0.878. The van der Waals surface area contributed by atoms with Crippen LogP contribution in [0.4, 0.5) is 11.6 Å². The molecule has 4 N–H and O–H groups in total. The number of anilines is 2. The van der Waals surface area contributed by atoms with Crippen LogP contribution in [0.1, 0.15) is 20.3 Å². The predicted molar refractivity (Wildman–Crippen MR) is 60.4 cm³/mol. The molecule has 5 nitrogen and oxygen atoms in total. The number of rotatable bonds is 5. The summed E-state index contributed by atoms with van der Waals surface area (Å²) in [6.45, 7) is 4.31. The molecule has 0 aliphatic rings. The molecular formula is C10H18N4O. The first-order chi connectivity index (χ1) is 7.11. The molecule has 1 aromatic rings. The first-order valence-electron chi connectivity index (χ1n) is 5.08. The number of nitrogens with two attached hydrogens (primary N) is 1. The van der Waals surface area contributed by atoms with E-state index in [9.17, 15) is 0 Å². The Kier molecular flexibility index (Phi) is 4.30. The van der Waals surface area contributed by atoms with Crippen LogP contribution in [0.15, 0.2) is 12.1 Å². The highest BCUT2D eigenvalue weighted by Crippen LogP contribution is 2.10. The van der Waals surface area contributed by atoms with E-state index in [1.807, 2.05) is 0 Å². The third kappa shape index (κ3) is 4.12. The van der Waals surface area contributed by atoms with Crippen molar-refractivity contribution in [1.29, 1.82) is 0 Å². The largest absolute Gasteiger partial charge is 0.394 e. The lowest BCUT2D eigenvalue weighted by atomic mass is 10.0. The van der Waals surface area contributed by atoms with Gasteiger partial charge in [-0.1, -0.05) is 13.8 Å². The van der Waals surface area contributed by atoms with Gasteiger partial charge in [0.05, 0.1) is 12.6 Å². The van der Waals surface area contributed by atoms with Gasteiger partial charge in [0.2, 0.25) is 0 Å². The zero-order valence-electron chi connectivity index (χ0n) is 9.14. The minimum atomic E-state index is 0.0166. The van der Waals surface area contributed by atoms with Crippen LogP contribution < -0.4 is 11.1 Å². The second-order valence-electron chi connectivity index (χ2n) is 4.00. The fourth-order valence-electron chi connectivity index (χ4n) is 1.38. The van der Waals surface area contributed by atoms with Crippen molar-refractivity contribution in [2.75, 3.05) is 17.7 Å². The normalized spacial score (nSPS) is 12.8. The number of hydrogen-bond donors (Lipinski definition) is 3. The Balaban J connectivity index is 2.54. The molecule has 0 aliphatic heterocycles. The Hall–Kier alpha value is -1.36. The molecule has 5 heteroatoms. The highest BCUT2D eigenvalue weighted by atomic mass is 16.3. The third-order valence-corrected chi connectivity index (χ3v) is 2.01. The summed E-state index contributed by atoms with van der Waals surface area (Å²) in [6, 6.07) is 3.45. The summed E-state index contributed by atoms with van der Waals surface area (Å²) in [5.74, 6) is 1.56. The molecule has 1 unspecified atom stereocenters. The van der Waals surface area contributed by atoms with E-state index in [1.54, 1.807) is 12.1 Å². The van der Waals surface area contributed by atoms with Gasteiger partial charge in [-0.05, 0) is 24.5 Å². The first kappa shape index (κ1) is 11.7. The summed E-state index contributed by atoms with van der Waals surface area (Å²) in [5, 5.41) is 19.9. The molecule has 0 amide bonds. The van der Waals surface area contributed by atoms with Gasteiger partial charge in [-0.2, -0.15) is 0 Å². The van der Waals surface area contributed by atoms with Crippen LogP contribution in [0.5, 0.6) is 0 Å². The van der Waals surface area contributed by atoms with Gasteiger partial charge in [0.1, 0.15) is 11.6 Å². The maximum Gasteiger partial charge on any atom is 0.149 e. The standard InChI is InChI=1S/C10H18N4O/c1-7(2)5-8(6-15)12-10-4-3-9(11)13-14-10/h3-4,7-8,15H,5-6H2,1-2H3,(H2,11,13)(H,12,14). The van der Waals surface area contributed by atoms with E-state index in [-0.39, 0.29) is 12.6 Å². The molecule has 1 aromatic heterocycles. The van der Waals surface area contributed by atoms with Gasteiger partial charge >= 0.3 is 0 Å². The summed E-state index contributed by atoms with van der Waals surface area (Å²) in [7, 11) is 0. The summed E-state index contributed by atoms with van der Waals surface area (Å²) < 4.78 is 0. The number of nitrogen functional groups attached to an aromatic ring is 1. The van der Waals surface area contributed by atoms with Gasteiger partial charge in [-0.25, -0.2) is 0 Å². The maximum absolute atomic E-state index is 9.16. The van der Waals surface area contributed by atoms with Crippen molar-refractivity contribution in [1.82, 2.24) is 10.2 Å². The van der Waals surface area contributed by atoms with Crippen LogP contribution in [-0.2, 0) is 0 Å². The van der Waals surface area contributed by atoms with Gasteiger partial charge in [0.25, 0.3) is 0 Å². The smallest absolute Gasteiger partial charge is 0.149 e. The lowest BCUT2D eigenvalue weighted by Crippen LogP contribution is -2.26. The quantitative estimate of drug-likeness (QED) is 0.671. The van der Waals surface area contributed by atoms with E-state index < -0.39 is 0 Å². The topological polar surface area (TPSA) is 84.1 Å². The average molecular weight is 210 g/mol. The molecule has 0 spiro atoms. The molecule has 0 radical (unpaired) electrons. The van der Waals surface area contributed by atoms with Crippen molar-refractivity contribution in [3.63, 3.8) is 0 Å². The summed E-state index contributed by atoms with van der Waals surface area (Å²) >= 11 is 0. The van der Waals surface area contributed by atoms with Crippen molar-refractivity contribution < 1.29 is 5.11 Å². The van der Waals surface area contributed by atoms with Gasteiger partial charge in [0.15, 0.2) is 0 Å². The molecular weight excluding hydrogens is 192 g/mol. The van der Waals surface area contributed by atoms with Crippen LogP contribution in [0.2, 0.25) is 0 Å². The number of aliphatic hydroxyl groups is 1. The van der Waals surface area contributed by atoms with E-state index in [2.05, 4.69) is 29.4 Å². The fourth-order valence-corrected chi connectivity index (χ4v) is 1.38. The minimum absolute atomic E-state index is 0.0166. The molecule has 0 aromatic carbocycles. The van der Waals surface area contributed by atoms with E-state index in [1.165, 1.54) is 0 Å². The minimum Gasteiger partial charge on any atom is -0.394 e. The average Bonchev–Trinajstić information content (AvgIpc) is 2.19. The van der Waals surface area contributed by atoms with Gasteiger partial charge in [0, 0.05) is 0 Å². The highest BCUT2D eigenvalue weighted by Gasteiger charge is 2.09. The maximum atomic E-state index is 9.16. The Morgan fingerprint density at radius 3 is 2.60 bits per heavy atom. The fraction of sp³-hybridized carbons (Fsp3) is 0.600. The Bertz CT molecular complexity index is 286. The van der Waals surface area contributed by atoms with Crippen molar-refractivity contribution in [3.8, 4) is 0 Å². The molecule has 0 aliphatic carbocycles. The number of aromatic nitrogens is 2. The number of aliphatic hydroxyl groups excluding tert-OH is 1. The molecule has 15 heavy (non-hydrogen) atoms. The monoisotopic (exact) mass is 210 g/mol. The second kappa shape index (κ2) is 5.50. The Morgan fingerprint density at radius 2 is 2.13 bits per heavy atom. The first-order valence-corrected chi connectivity index (χ1v) is 5.08. The zero-order valence-corrected chi connectivity index (χ0v) is 9.14. The highest BCUT2D eigenvalue weighted by molar-refractivity contribution is 5.39. The number of nitrogens with zero attached hydrogens (tertiary/aromatic N) is 2. The molecule has 84 valence electrons. The van der Waals surface area contributed by atoms with Crippen molar-refractivity contribution in [2.45, 2.75) is 26.3 Å². The van der Waals surface area contributed by atoms with Crippen molar-refractivity contribution in [2.24, 2.45) is 5.92 Å². The lowest BCUT2D eigenvalue weighted by molar-refractivity contribution is 0.259. The molecule has 0 fully saturated rings. The Labute approximate surface area is 89.7 Å². The summed E-state index contributed by atoms with van der Waals surface area (Å²) in [4.78, 5) is 0.